The van der Waals surface area contributed by atoms with Crippen molar-refractivity contribution in [3.8, 4) is 0 Å². The summed E-state index contributed by atoms with van der Waals surface area (Å²) in [6, 6.07) is 4.57. The number of benzene rings is 1. The van der Waals surface area contributed by atoms with Crippen LogP contribution in [-0.4, -0.2) is 18.7 Å². The average Bonchev–Trinajstić information content (AvgIpc) is 3.03. The van der Waals surface area contributed by atoms with Crippen LogP contribution >= 0.6 is 23.4 Å². The minimum atomic E-state index is -0.426. The first-order chi connectivity index (χ1) is 13.4. The standard InChI is InChI=1S/C19H22ClFN4O2S/c1-4-5-6-10-25-15-16(23(2)19(27)24(3)17(15)26)22-18(25)28-11-12-13(20)8-7-9-14(12)21/h7-9H,4-6,10-11H2,1-3H3. The van der Waals surface area contributed by atoms with Crippen LogP contribution in [-0.2, 0) is 26.4 Å². The van der Waals surface area contributed by atoms with Gasteiger partial charge >= 0.3 is 5.69 Å². The molecule has 0 aliphatic heterocycles. The number of hydrogen-bond donors (Lipinski definition) is 0. The molecule has 0 spiro atoms. The molecule has 150 valence electrons. The van der Waals surface area contributed by atoms with E-state index in [9.17, 15) is 14.0 Å². The van der Waals surface area contributed by atoms with Gasteiger partial charge in [-0.1, -0.05) is 49.2 Å². The molecule has 1 aromatic carbocycles. The van der Waals surface area contributed by atoms with Crippen LogP contribution < -0.4 is 11.2 Å². The number of aromatic nitrogens is 4. The average molecular weight is 425 g/mol. The van der Waals surface area contributed by atoms with Crippen molar-refractivity contribution in [3.63, 3.8) is 0 Å². The molecule has 2 heterocycles. The number of halogens is 2. The van der Waals surface area contributed by atoms with Crippen LogP contribution in [0.1, 0.15) is 31.7 Å². The van der Waals surface area contributed by atoms with Crippen LogP contribution in [0.5, 0.6) is 0 Å². The molecule has 3 aromatic rings. The van der Waals surface area contributed by atoms with E-state index in [1.807, 2.05) is 4.57 Å². The normalized spacial score (nSPS) is 11.5. The SMILES string of the molecule is CCCCCn1c(SCc2c(F)cccc2Cl)nc2c1c(=O)n(C)c(=O)n2C. The Morgan fingerprint density at radius 1 is 1.18 bits per heavy atom. The number of imidazole rings is 1. The van der Waals surface area contributed by atoms with Gasteiger partial charge in [-0.3, -0.25) is 13.9 Å². The van der Waals surface area contributed by atoms with Gasteiger partial charge in [-0.05, 0) is 18.6 Å². The largest absolute Gasteiger partial charge is 0.332 e. The minimum Gasteiger partial charge on any atom is -0.313 e. The number of fused-ring (bicyclic) bond motifs is 1. The van der Waals surface area contributed by atoms with Crippen molar-refractivity contribution in [3.05, 3.63) is 55.4 Å². The Hall–Kier alpha value is -2.06. The monoisotopic (exact) mass is 424 g/mol. The Labute approximate surface area is 171 Å². The first-order valence-corrected chi connectivity index (χ1v) is 10.4. The van der Waals surface area contributed by atoms with Gasteiger partial charge < -0.3 is 4.57 Å². The molecule has 9 heteroatoms. The molecule has 0 aliphatic carbocycles. The van der Waals surface area contributed by atoms with Crippen molar-refractivity contribution in [1.29, 1.82) is 0 Å². The quantitative estimate of drug-likeness (QED) is 0.428. The lowest BCUT2D eigenvalue weighted by molar-refractivity contribution is 0.575. The third-order valence-corrected chi connectivity index (χ3v) is 6.06. The van der Waals surface area contributed by atoms with Gasteiger partial charge in [0.1, 0.15) is 5.82 Å². The van der Waals surface area contributed by atoms with Gasteiger partial charge in [0, 0.05) is 37.0 Å². The summed E-state index contributed by atoms with van der Waals surface area (Å²) in [5.41, 5.74) is 0.319. The number of nitrogens with zero attached hydrogens (tertiary/aromatic N) is 4. The van der Waals surface area contributed by atoms with Gasteiger partial charge in [-0.2, -0.15) is 0 Å². The summed E-state index contributed by atoms with van der Waals surface area (Å²) in [5.74, 6) is -0.103. The number of aryl methyl sites for hydroxylation is 2. The molecule has 0 saturated carbocycles. The van der Waals surface area contributed by atoms with E-state index in [4.69, 9.17) is 11.6 Å². The summed E-state index contributed by atoms with van der Waals surface area (Å²) in [7, 11) is 3.05. The van der Waals surface area contributed by atoms with E-state index < -0.39 is 5.69 Å². The summed E-state index contributed by atoms with van der Waals surface area (Å²) in [5, 5.41) is 0.924. The van der Waals surface area contributed by atoms with E-state index in [2.05, 4.69) is 11.9 Å². The molecule has 3 rings (SSSR count). The molecular weight excluding hydrogens is 403 g/mol. The molecule has 28 heavy (non-hydrogen) atoms. The lowest BCUT2D eigenvalue weighted by atomic mass is 10.2. The first kappa shape index (κ1) is 20.7. The fourth-order valence-electron chi connectivity index (χ4n) is 3.07. The molecule has 0 saturated heterocycles. The fraction of sp³-hybridized carbons (Fsp3) is 0.421. The Bertz CT molecular complexity index is 1120. The summed E-state index contributed by atoms with van der Waals surface area (Å²) < 4.78 is 18.4. The van der Waals surface area contributed by atoms with Crippen LogP contribution in [0.4, 0.5) is 4.39 Å². The maximum absolute atomic E-state index is 14.1. The van der Waals surface area contributed by atoms with E-state index in [-0.39, 0.29) is 17.1 Å². The minimum absolute atomic E-state index is 0.275. The van der Waals surface area contributed by atoms with Crippen molar-refractivity contribution in [2.24, 2.45) is 14.1 Å². The third-order valence-electron chi connectivity index (χ3n) is 4.71. The Morgan fingerprint density at radius 2 is 1.93 bits per heavy atom. The van der Waals surface area contributed by atoms with E-state index in [1.165, 1.54) is 29.4 Å². The Morgan fingerprint density at radius 3 is 2.61 bits per heavy atom. The van der Waals surface area contributed by atoms with Crippen molar-refractivity contribution in [2.45, 2.75) is 43.6 Å². The Balaban J connectivity index is 2.09. The van der Waals surface area contributed by atoms with E-state index in [1.54, 1.807) is 19.2 Å². The van der Waals surface area contributed by atoms with Crippen LogP contribution in [0.25, 0.3) is 11.2 Å². The zero-order chi connectivity index (χ0) is 20.4. The van der Waals surface area contributed by atoms with Crippen molar-refractivity contribution in [1.82, 2.24) is 18.7 Å². The van der Waals surface area contributed by atoms with Gasteiger partial charge in [0.15, 0.2) is 16.3 Å². The molecule has 0 unspecified atom stereocenters. The summed E-state index contributed by atoms with van der Waals surface area (Å²) in [6.45, 7) is 2.70. The number of hydrogen-bond acceptors (Lipinski definition) is 4. The van der Waals surface area contributed by atoms with E-state index >= 15 is 0 Å². The lowest BCUT2D eigenvalue weighted by Crippen LogP contribution is -2.37. The molecule has 0 bridgehead atoms. The number of unbranched alkanes of at least 4 members (excludes halogenated alkanes) is 2. The predicted octanol–water partition coefficient (Wildman–Crippen LogP) is 3.71. The highest BCUT2D eigenvalue weighted by atomic mass is 35.5. The van der Waals surface area contributed by atoms with Gasteiger partial charge in [-0.15, -0.1) is 0 Å². The highest BCUT2D eigenvalue weighted by Crippen LogP contribution is 2.29. The second-order valence-corrected chi connectivity index (χ2v) is 7.97. The number of rotatable bonds is 7. The summed E-state index contributed by atoms with van der Waals surface area (Å²) >= 11 is 7.43. The lowest BCUT2D eigenvalue weighted by Gasteiger charge is -2.10. The van der Waals surface area contributed by atoms with Gasteiger partial charge in [0.2, 0.25) is 0 Å². The topological polar surface area (TPSA) is 61.8 Å². The summed E-state index contributed by atoms with van der Waals surface area (Å²) in [6.07, 6.45) is 2.92. The smallest absolute Gasteiger partial charge is 0.313 e. The molecule has 0 N–H and O–H groups in total. The van der Waals surface area contributed by atoms with Crippen molar-refractivity contribution in [2.75, 3.05) is 0 Å². The highest BCUT2D eigenvalue weighted by molar-refractivity contribution is 7.98. The fourth-order valence-corrected chi connectivity index (χ4v) is 4.44. The maximum atomic E-state index is 14.1. The maximum Gasteiger partial charge on any atom is 0.332 e. The summed E-state index contributed by atoms with van der Waals surface area (Å²) in [4.78, 5) is 29.5. The number of thioether (sulfide) groups is 1. The van der Waals surface area contributed by atoms with Crippen molar-refractivity contribution >= 4 is 34.5 Å². The molecule has 0 atom stereocenters. The zero-order valence-electron chi connectivity index (χ0n) is 16.0. The predicted molar refractivity (Wildman–Crippen MR) is 111 cm³/mol. The van der Waals surface area contributed by atoms with Gasteiger partial charge in [0.25, 0.3) is 5.56 Å². The zero-order valence-corrected chi connectivity index (χ0v) is 17.6. The van der Waals surface area contributed by atoms with Crippen LogP contribution in [0, 0.1) is 5.82 Å². The van der Waals surface area contributed by atoms with E-state index in [0.29, 0.717) is 33.5 Å². The van der Waals surface area contributed by atoms with E-state index in [0.717, 1.165) is 23.8 Å². The second kappa shape index (κ2) is 8.53. The van der Waals surface area contributed by atoms with Crippen LogP contribution in [0.2, 0.25) is 5.02 Å². The highest BCUT2D eigenvalue weighted by Gasteiger charge is 2.20. The molecular formula is C19H22ClFN4O2S. The van der Waals surface area contributed by atoms with Crippen LogP contribution in [0.15, 0.2) is 32.9 Å². The molecule has 0 amide bonds. The Kier molecular flexibility index (Phi) is 6.30. The molecule has 0 radical (unpaired) electrons. The van der Waals surface area contributed by atoms with Crippen LogP contribution in [0.3, 0.4) is 0 Å². The second-order valence-electron chi connectivity index (χ2n) is 6.62. The molecule has 6 nitrogen and oxygen atoms in total. The van der Waals surface area contributed by atoms with Gasteiger partial charge in [-0.25, -0.2) is 14.2 Å². The first-order valence-electron chi connectivity index (χ1n) is 9.08. The molecule has 0 aliphatic rings. The molecule has 0 fully saturated rings. The van der Waals surface area contributed by atoms with Crippen molar-refractivity contribution < 1.29 is 4.39 Å². The third kappa shape index (κ3) is 3.75. The molecule has 2 aromatic heterocycles. The van der Waals surface area contributed by atoms with Gasteiger partial charge in [0.05, 0.1) is 0 Å².